The van der Waals surface area contributed by atoms with Crippen LogP contribution in [0, 0.1) is 5.92 Å². The largest absolute Gasteiger partial charge is 0.497 e. The highest BCUT2D eigenvalue weighted by atomic mass is 16.5. The lowest BCUT2D eigenvalue weighted by Gasteiger charge is -2.20. The van der Waals surface area contributed by atoms with E-state index in [-0.39, 0.29) is 24.2 Å². The summed E-state index contributed by atoms with van der Waals surface area (Å²) >= 11 is 0. The van der Waals surface area contributed by atoms with Gasteiger partial charge in [0.05, 0.1) is 25.8 Å². The first-order valence-electron chi connectivity index (χ1n) is 8.90. The minimum absolute atomic E-state index is 0.0418. The zero-order valence-corrected chi connectivity index (χ0v) is 15.3. The molecule has 1 aromatic rings. The summed E-state index contributed by atoms with van der Waals surface area (Å²) in [5, 5.41) is 2.95. The third-order valence-electron chi connectivity index (χ3n) is 4.50. The van der Waals surface area contributed by atoms with Gasteiger partial charge in [-0.15, -0.1) is 0 Å². The van der Waals surface area contributed by atoms with Crippen LogP contribution in [0.5, 0.6) is 11.5 Å². The number of carbonyl (C=O) groups excluding carboxylic acids is 2. The van der Waals surface area contributed by atoms with Crippen LogP contribution in [-0.2, 0) is 9.59 Å². The second-order valence-corrected chi connectivity index (χ2v) is 6.29. The number of benzene rings is 1. The average molecular weight is 348 g/mol. The smallest absolute Gasteiger partial charge is 0.227 e. The first-order chi connectivity index (χ1) is 12.1. The van der Waals surface area contributed by atoms with Gasteiger partial charge in [-0.3, -0.25) is 9.59 Å². The lowest BCUT2D eigenvalue weighted by Crippen LogP contribution is -2.33. The number of methoxy groups -OCH3 is 2. The lowest BCUT2D eigenvalue weighted by molar-refractivity contribution is -0.126. The molecule has 1 fully saturated rings. The van der Waals surface area contributed by atoms with E-state index in [0.29, 0.717) is 30.3 Å². The summed E-state index contributed by atoms with van der Waals surface area (Å²) < 4.78 is 10.6. The number of hydrogen-bond acceptors (Lipinski definition) is 4. The van der Waals surface area contributed by atoms with Crippen molar-refractivity contribution in [3.05, 3.63) is 18.2 Å². The van der Waals surface area contributed by atoms with Gasteiger partial charge >= 0.3 is 0 Å². The molecular formula is C19H28N2O4. The minimum atomic E-state index is -0.314. The van der Waals surface area contributed by atoms with Crippen molar-refractivity contribution >= 4 is 17.5 Å². The molecule has 0 bridgehead atoms. The van der Waals surface area contributed by atoms with E-state index >= 15 is 0 Å². The molecule has 0 saturated carbocycles. The number of carbonyl (C=O) groups is 2. The molecule has 1 saturated heterocycles. The standard InChI is InChI=1S/C19H28N2O4/c1-4-5-6-7-10-20-19(23)14-11-18(22)21(13-14)16-9-8-15(24-2)12-17(16)25-3/h8-9,12,14H,4-7,10-11,13H2,1-3H3,(H,20,23). The number of unbranched alkanes of at least 4 members (excludes halogenated alkanes) is 3. The van der Waals surface area contributed by atoms with Crippen LogP contribution in [0.4, 0.5) is 5.69 Å². The van der Waals surface area contributed by atoms with Crippen molar-refractivity contribution in [1.29, 1.82) is 0 Å². The maximum absolute atomic E-state index is 12.4. The predicted octanol–water partition coefficient (Wildman–Crippen LogP) is 2.75. The van der Waals surface area contributed by atoms with Crippen molar-refractivity contribution < 1.29 is 19.1 Å². The topological polar surface area (TPSA) is 67.9 Å². The Balaban J connectivity index is 1.97. The summed E-state index contributed by atoms with van der Waals surface area (Å²) in [6, 6.07) is 5.32. The van der Waals surface area contributed by atoms with Crippen LogP contribution in [0.15, 0.2) is 18.2 Å². The molecule has 0 radical (unpaired) electrons. The zero-order valence-electron chi connectivity index (χ0n) is 15.3. The van der Waals surface area contributed by atoms with Crippen molar-refractivity contribution in [3.63, 3.8) is 0 Å². The molecule has 1 atom stereocenters. The summed E-state index contributed by atoms with van der Waals surface area (Å²) in [6.07, 6.45) is 4.69. The molecule has 1 aromatic carbocycles. The first-order valence-corrected chi connectivity index (χ1v) is 8.90. The Labute approximate surface area is 149 Å². The molecule has 1 N–H and O–H groups in total. The molecule has 0 aromatic heterocycles. The molecule has 25 heavy (non-hydrogen) atoms. The Morgan fingerprint density at radius 3 is 2.72 bits per heavy atom. The molecule has 6 heteroatoms. The van der Waals surface area contributed by atoms with Gasteiger partial charge in [0.15, 0.2) is 0 Å². The van der Waals surface area contributed by atoms with Crippen LogP contribution < -0.4 is 19.7 Å². The van der Waals surface area contributed by atoms with Gasteiger partial charge in [0, 0.05) is 25.6 Å². The SMILES string of the molecule is CCCCCCNC(=O)C1CC(=O)N(c2ccc(OC)cc2OC)C1. The summed E-state index contributed by atoms with van der Waals surface area (Å²) in [5.41, 5.74) is 0.673. The van der Waals surface area contributed by atoms with Crippen LogP contribution in [0.2, 0.25) is 0 Å². The van der Waals surface area contributed by atoms with Crippen molar-refractivity contribution in [2.24, 2.45) is 5.92 Å². The molecule has 1 aliphatic heterocycles. The maximum atomic E-state index is 12.4. The Morgan fingerprint density at radius 2 is 2.04 bits per heavy atom. The lowest BCUT2D eigenvalue weighted by atomic mass is 10.1. The quantitative estimate of drug-likeness (QED) is 0.697. The molecule has 6 nitrogen and oxygen atoms in total. The normalized spacial score (nSPS) is 16.8. The summed E-state index contributed by atoms with van der Waals surface area (Å²) in [4.78, 5) is 26.3. The fraction of sp³-hybridized carbons (Fsp3) is 0.579. The molecule has 1 unspecified atom stereocenters. The number of hydrogen-bond donors (Lipinski definition) is 1. The van der Waals surface area contributed by atoms with Gasteiger partial charge < -0.3 is 19.7 Å². The van der Waals surface area contributed by atoms with Gasteiger partial charge in [-0.25, -0.2) is 0 Å². The van der Waals surface area contributed by atoms with E-state index < -0.39 is 0 Å². The van der Waals surface area contributed by atoms with Crippen molar-refractivity contribution in [3.8, 4) is 11.5 Å². The van der Waals surface area contributed by atoms with E-state index in [1.165, 1.54) is 12.8 Å². The van der Waals surface area contributed by atoms with E-state index in [1.807, 2.05) is 0 Å². The third-order valence-corrected chi connectivity index (χ3v) is 4.50. The van der Waals surface area contributed by atoms with Crippen molar-refractivity contribution in [2.75, 3.05) is 32.2 Å². The molecule has 1 heterocycles. The predicted molar refractivity (Wildman–Crippen MR) is 97.2 cm³/mol. The Hall–Kier alpha value is -2.24. The van der Waals surface area contributed by atoms with Crippen LogP contribution in [0.3, 0.4) is 0 Å². The van der Waals surface area contributed by atoms with Crippen LogP contribution in [0.1, 0.15) is 39.0 Å². The molecule has 2 amide bonds. The number of amides is 2. The van der Waals surface area contributed by atoms with E-state index in [1.54, 1.807) is 37.3 Å². The second kappa shape index (κ2) is 9.30. The zero-order chi connectivity index (χ0) is 18.2. The average Bonchev–Trinajstić information content (AvgIpc) is 3.02. The third kappa shape index (κ3) is 4.87. The van der Waals surface area contributed by atoms with Crippen molar-refractivity contribution in [1.82, 2.24) is 5.32 Å². The molecule has 0 spiro atoms. The number of nitrogens with zero attached hydrogens (tertiary/aromatic N) is 1. The van der Waals surface area contributed by atoms with Crippen LogP contribution in [-0.4, -0.2) is 39.1 Å². The summed E-state index contributed by atoms with van der Waals surface area (Å²) in [5.74, 6) is 0.807. The molecular weight excluding hydrogens is 320 g/mol. The fourth-order valence-corrected chi connectivity index (χ4v) is 3.03. The van der Waals surface area contributed by atoms with Crippen molar-refractivity contribution in [2.45, 2.75) is 39.0 Å². The Kier molecular flexibility index (Phi) is 7.10. The number of rotatable bonds is 9. The van der Waals surface area contributed by atoms with Gasteiger partial charge in [0.2, 0.25) is 11.8 Å². The van der Waals surface area contributed by atoms with E-state index in [0.717, 1.165) is 12.8 Å². The number of ether oxygens (including phenoxy) is 2. The van der Waals surface area contributed by atoms with E-state index in [2.05, 4.69) is 12.2 Å². The second-order valence-electron chi connectivity index (χ2n) is 6.29. The Morgan fingerprint density at radius 1 is 1.24 bits per heavy atom. The van der Waals surface area contributed by atoms with Crippen LogP contribution >= 0.6 is 0 Å². The maximum Gasteiger partial charge on any atom is 0.227 e. The highest BCUT2D eigenvalue weighted by molar-refractivity contribution is 6.01. The summed E-state index contributed by atoms with van der Waals surface area (Å²) in [6.45, 7) is 3.21. The minimum Gasteiger partial charge on any atom is -0.497 e. The highest BCUT2D eigenvalue weighted by Crippen LogP contribution is 2.35. The first kappa shape index (κ1) is 19.1. The monoisotopic (exact) mass is 348 g/mol. The summed E-state index contributed by atoms with van der Waals surface area (Å²) in [7, 11) is 3.13. The van der Waals surface area contributed by atoms with Gasteiger partial charge in [-0.05, 0) is 18.6 Å². The Bertz CT molecular complexity index is 603. The van der Waals surface area contributed by atoms with E-state index in [9.17, 15) is 9.59 Å². The number of anilines is 1. The van der Waals surface area contributed by atoms with E-state index in [4.69, 9.17) is 9.47 Å². The number of nitrogens with one attached hydrogen (secondary N) is 1. The molecule has 1 aliphatic rings. The van der Waals surface area contributed by atoms with Gasteiger partial charge in [0.1, 0.15) is 11.5 Å². The molecule has 0 aliphatic carbocycles. The van der Waals surface area contributed by atoms with Crippen LogP contribution in [0.25, 0.3) is 0 Å². The van der Waals surface area contributed by atoms with Gasteiger partial charge in [0.25, 0.3) is 0 Å². The molecule has 2 rings (SSSR count). The van der Waals surface area contributed by atoms with Gasteiger partial charge in [-0.2, -0.15) is 0 Å². The highest BCUT2D eigenvalue weighted by Gasteiger charge is 2.36. The molecule has 138 valence electrons. The fourth-order valence-electron chi connectivity index (χ4n) is 3.03. The van der Waals surface area contributed by atoms with Gasteiger partial charge in [-0.1, -0.05) is 26.2 Å².